The first kappa shape index (κ1) is 18.9. The largest absolute Gasteiger partial charge is 0.340 e. The molecule has 1 aromatic rings. The van der Waals surface area contributed by atoms with Crippen LogP contribution in [0.2, 0.25) is 0 Å². The van der Waals surface area contributed by atoms with Crippen molar-refractivity contribution in [2.45, 2.75) is 30.6 Å². The molecule has 0 saturated carbocycles. The average Bonchev–Trinajstić information content (AvgIpc) is 2.89. The standard InChI is InChI=1S/C17H27N3O3S/c1-18-11-14-19(2)17(21)15-7-9-16(10-8-15)24(22,23)20-12-5-3-4-6-13-20/h7-10,18H,3-6,11-14H2,1-2H3. The minimum absolute atomic E-state index is 0.107. The third-order valence-electron chi connectivity index (χ3n) is 4.35. The van der Waals surface area contributed by atoms with Crippen LogP contribution in [0.5, 0.6) is 0 Å². The maximum atomic E-state index is 12.7. The third kappa shape index (κ3) is 4.55. The lowest BCUT2D eigenvalue weighted by Gasteiger charge is -2.20. The van der Waals surface area contributed by atoms with Gasteiger partial charge in [0.05, 0.1) is 4.90 Å². The van der Waals surface area contributed by atoms with E-state index in [0.717, 1.165) is 25.7 Å². The summed E-state index contributed by atoms with van der Waals surface area (Å²) in [7, 11) is 0.108. The predicted molar refractivity (Wildman–Crippen MR) is 94.6 cm³/mol. The van der Waals surface area contributed by atoms with Crippen LogP contribution in [-0.4, -0.2) is 63.8 Å². The predicted octanol–water partition coefficient (Wildman–Crippen LogP) is 1.54. The Hall–Kier alpha value is -1.44. The summed E-state index contributed by atoms with van der Waals surface area (Å²) in [5.41, 5.74) is 0.503. The summed E-state index contributed by atoms with van der Waals surface area (Å²) in [6.45, 7) is 2.47. The Bertz CT molecular complexity index is 636. The highest BCUT2D eigenvalue weighted by Gasteiger charge is 2.25. The van der Waals surface area contributed by atoms with Gasteiger partial charge in [0.1, 0.15) is 0 Å². The van der Waals surface area contributed by atoms with Crippen molar-refractivity contribution in [2.24, 2.45) is 0 Å². The number of rotatable bonds is 6. The van der Waals surface area contributed by atoms with E-state index in [2.05, 4.69) is 5.32 Å². The minimum atomic E-state index is -3.46. The molecule has 1 saturated heterocycles. The number of hydrogen-bond donors (Lipinski definition) is 1. The Balaban J connectivity index is 2.11. The Morgan fingerprint density at radius 3 is 2.25 bits per heavy atom. The quantitative estimate of drug-likeness (QED) is 0.842. The van der Waals surface area contributed by atoms with Crippen molar-refractivity contribution in [2.75, 3.05) is 40.3 Å². The van der Waals surface area contributed by atoms with Crippen LogP contribution >= 0.6 is 0 Å². The molecule has 134 valence electrons. The second kappa shape index (κ2) is 8.60. The van der Waals surface area contributed by atoms with Gasteiger partial charge in [-0.25, -0.2) is 8.42 Å². The molecule has 1 fully saturated rings. The van der Waals surface area contributed by atoms with E-state index in [0.29, 0.717) is 31.7 Å². The van der Waals surface area contributed by atoms with E-state index < -0.39 is 10.0 Å². The molecule has 1 aliphatic heterocycles. The van der Waals surface area contributed by atoms with Crippen molar-refractivity contribution in [3.63, 3.8) is 0 Å². The SMILES string of the molecule is CNCCN(C)C(=O)c1ccc(S(=O)(=O)N2CCCCCC2)cc1. The highest BCUT2D eigenvalue weighted by Crippen LogP contribution is 2.21. The topological polar surface area (TPSA) is 69.7 Å². The summed E-state index contributed by atoms with van der Waals surface area (Å²) in [5.74, 6) is -0.107. The number of hydrogen-bond acceptors (Lipinski definition) is 4. The van der Waals surface area contributed by atoms with Crippen molar-refractivity contribution in [1.29, 1.82) is 0 Å². The molecule has 6 nitrogen and oxygen atoms in total. The summed E-state index contributed by atoms with van der Waals surface area (Å²) in [6.07, 6.45) is 3.98. The maximum Gasteiger partial charge on any atom is 0.253 e. The number of amides is 1. The Kier molecular flexibility index (Phi) is 6.77. The highest BCUT2D eigenvalue weighted by molar-refractivity contribution is 7.89. The third-order valence-corrected chi connectivity index (χ3v) is 6.26. The fourth-order valence-electron chi connectivity index (χ4n) is 2.80. The molecular weight excluding hydrogens is 326 g/mol. The van der Waals surface area contributed by atoms with Crippen LogP contribution in [0.25, 0.3) is 0 Å². The Labute approximate surface area is 144 Å². The van der Waals surface area contributed by atoms with Crippen LogP contribution < -0.4 is 5.32 Å². The van der Waals surface area contributed by atoms with Crippen LogP contribution in [0, 0.1) is 0 Å². The van der Waals surface area contributed by atoms with E-state index in [1.54, 1.807) is 40.5 Å². The molecule has 0 atom stereocenters. The van der Waals surface area contributed by atoms with E-state index in [-0.39, 0.29) is 10.8 Å². The first-order chi connectivity index (χ1) is 11.5. The molecule has 0 radical (unpaired) electrons. The molecule has 1 aliphatic rings. The molecule has 0 bridgehead atoms. The zero-order valence-corrected chi connectivity index (χ0v) is 15.3. The van der Waals surface area contributed by atoms with Crippen molar-refractivity contribution in [3.8, 4) is 0 Å². The molecular formula is C17H27N3O3S. The Morgan fingerprint density at radius 2 is 1.71 bits per heavy atom. The molecule has 1 aromatic carbocycles. The van der Waals surface area contributed by atoms with E-state index >= 15 is 0 Å². The van der Waals surface area contributed by atoms with Crippen LogP contribution in [0.15, 0.2) is 29.2 Å². The summed E-state index contributed by atoms with van der Waals surface area (Å²) in [4.78, 5) is 14.2. The average molecular weight is 353 g/mol. The van der Waals surface area contributed by atoms with Gasteiger partial charge in [0, 0.05) is 38.8 Å². The lowest BCUT2D eigenvalue weighted by Crippen LogP contribution is -2.33. The lowest BCUT2D eigenvalue weighted by molar-refractivity contribution is 0.0796. The zero-order valence-electron chi connectivity index (χ0n) is 14.5. The first-order valence-electron chi connectivity index (χ1n) is 8.47. The van der Waals surface area contributed by atoms with Gasteiger partial charge >= 0.3 is 0 Å². The summed E-state index contributed by atoms with van der Waals surface area (Å²) >= 11 is 0. The smallest absolute Gasteiger partial charge is 0.253 e. The normalized spacial score (nSPS) is 16.6. The molecule has 1 N–H and O–H groups in total. The van der Waals surface area contributed by atoms with Gasteiger partial charge < -0.3 is 10.2 Å². The van der Waals surface area contributed by atoms with Crippen LogP contribution in [0.3, 0.4) is 0 Å². The van der Waals surface area contributed by atoms with Crippen LogP contribution in [0.1, 0.15) is 36.0 Å². The van der Waals surface area contributed by atoms with E-state index in [9.17, 15) is 13.2 Å². The van der Waals surface area contributed by atoms with Crippen molar-refractivity contribution >= 4 is 15.9 Å². The Morgan fingerprint density at radius 1 is 1.12 bits per heavy atom. The van der Waals surface area contributed by atoms with Crippen molar-refractivity contribution < 1.29 is 13.2 Å². The number of benzene rings is 1. The van der Waals surface area contributed by atoms with Crippen LogP contribution in [-0.2, 0) is 10.0 Å². The molecule has 0 spiro atoms. The van der Waals surface area contributed by atoms with Gasteiger partial charge in [-0.05, 0) is 44.2 Å². The van der Waals surface area contributed by atoms with E-state index in [1.165, 1.54) is 0 Å². The van der Waals surface area contributed by atoms with E-state index in [4.69, 9.17) is 0 Å². The maximum absolute atomic E-state index is 12.7. The van der Waals surface area contributed by atoms with Gasteiger partial charge in [0.15, 0.2) is 0 Å². The fourth-order valence-corrected chi connectivity index (χ4v) is 4.32. The fraction of sp³-hybridized carbons (Fsp3) is 0.588. The van der Waals surface area contributed by atoms with Crippen LogP contribution in [0.4, 0.5) is 0 Å². The van der Waals surface area contributed by atoms with E-state index in [1.807, 2.05) is 7.05 Å². The van der Waals surface area contributed by atoms with Crippen molar-refractivity contribution in [3.05, 3.63) is 29.8 Å². The van der Waals surface area contributed by atoms with Gasteiger partial charge in [-0.15, -0.1) is 0 Å². The molecule has 0 unspecified atom stereocenters. The summed E-state index contributed by atoms with van der Waals surface area (Å²) in [6, 6.07) is 6.28. The number of nitrogens with one attached hydrogen (secondary N) is 1. The number of sulfonamides is 1. The summed E-state index contributed by atoms with van der Waals surface area (Å²) in [5, 5.41) is 3.00. The molecule has 0 aliphatic carbocycles. The number of nitrogens with zero attached hydrogens (tertiary/aromatic N) is 2. The second-order valence-corrected chi connectivity index (χ2v) is 8.11. The minimum Gasteiger partial charge on any atom is -0.340 e. The molecule has 24 heavy (non-hydrogen) atoms. The monoisotopic (exact) mass is 353 g/mol. The van der Waals surface area contributed by atoms with Gasteiger partial charge in [-0.1, -0.05) is 12.8 Å². The second-order valence-electron chi connectivity index (χ2n) is 6.17. The molecule has 7 heteroatoms. The number of carbonyl (C=O) groups is 1. The number of carbonyl (C=O) groups excluding carboxylic acids is 1. The van der Waals surface area contributed by atoms with Crippen molar-refractivity contribution in [1.82, 2.24) is 14.5 Å². The zero-order chi connectivity index (χ0) is 17.6. The first-order valence-corrected chi connectivity index (χ1v) is 9.91. The molecule has 0 aromatic heterocycles. The lowest BCUT2D eigenvalue weighted by atomic mass is 10.2. The summed E-state index contributed by atoms with van der Waals surface area (Å²) < 4.78 is 27.0. The van der Waals surface area contributed by atoms with Gasteiger partial charge in [0.25, 0.3) is 5.91 Å². The highest BCUT2D eigenvalue weighted by atomic mass is 32.2. The molecule has 1 amide bonds. The molecule has 1 heterocycles. The molecule has 2 rings (SSSR count). The van der Waals surface area contributed by atoms with Gasteiger partial charge in [0.2, 0.25) is 10.0 Å². The number of likely N-dealkylation sites (N-methyl/N-ethyl adjacent to an activating group) is 2. The van der Waals surface area contributed by atoms with Gasteiger partial charge in [-0.2, -0.15) is 4.31 Å². The van der Waals surface area contributed by atoms with Gasteiger partial charge in [-0.3, -0.25) is 4.79 Å².